The Hall–Kier alpha value is -3.41. The van der Waals surface area contributed by atoms with E-state index in [9.17, 15) is 9.59 Å². The molecule has 136 valence electrons. The molecule has 0 bridgehead atoms. The van der Waals surface area contributed by atoms with Crippen LogP contribution in [0.3, 0.4) is 0 Å². The van der Waals surface area contributed by atoms with Crippen LogP contribution in [0.5, 0.6) is 0 Å². The molecule has 3 N–H and O–H groups in total. The van der Waals surface area contributed by atoms with Crippen LogP contribution in [-0.4, -0.2) is 28.7 Å². The predicted molar refractivity (Wildman–Crippen MR) is 104 cm³/mol. The first-order valence-corrected chi connectivity index (χ1v) is 8.94. The van der Waals surface area contributed by atoms with Crippen molar-refractivity contribution in [1.29, 1.82) is 0 Å². The lowest BCUT2D eigenvalue weighted by Crippen LogP contribution is -2.29. The molecule has 2 heterocycles. The Kier molecular flexibility index (Phi) is 4.70. The molecule has 3 aromatic rings. The summed E-state index contributed by atoms with van der Waals surface area (Å²) < 4.78 is 0. The lowest BCUT2D eigenvalue weighted by Gasteiger charge is -2.21. The first-order chi connectivity index (χ1) is 13.3. The van der Waals surface area contributed by atoms with E-state index in [1.54, 1.807) is 12.4 Å². The summed E-state index contributed by atoms with van der Waals surface area (Å²) in [6.07, 6.45) is 5.29. The maximum atomic E-state index is 12.9. The number of ketones is 1. The molecule has 1 aliphatic carbocycles. The molecule has 0 spiro atoms. The minimum atomic E-state index is 0.0870. The van der Waals surface area contributed by atoms with Crippen LogP contribution >= 0.6 is 0 Å². The molecule has 2 aromatic heterocycles. The van der Waals surface area contributed by atoms with Crippen molar-refractivity contribution >= 4 is 23.6 Å². The van der Waals surface area contributed by atoms with Gasteiger partial charge in [0.2, 0.25) is 6.41 Å². The molecule has 0 saturated carbocycles. The zero-order valence-corrected chi connectivity index (χ0v) is 14.7. The average molecular weight is 360 g/mol. The van der Waals surface area contributed by atoms with Crippen LogP contribution in [0.15, 0.2) is 54.9 Å². The van der Waals surface area contributed by atoms with Gasteiger partial charge in [-0.25, -0.2) is 0 Å². The molecule has 1 amide bonds. The summed E-state index contributed by atoms with van der Waals surface area (Å²) in [7, 11) is 0. The second-order valence-corrected chi connectivity index (χ2v) is 6.68. The minimum Gasteiger partial charge on any atom is -0.358 e. The standard InChI is InChI=1S/C21H20N4O2/c26-13-23-12-14-10-17-19(18(27)11-14)21(24-16-4-2-1-3-5-16)20(25-17)15-6-8-22-9-7-15/h1-9,13-14,24-25H,10-12H2,(H,23,26). The van der Waals surface area contributed by atoms with Crippen LogP contribution in [0.4, 0.5) is 11.4 Å². The van der Waals surface area contributed by atoms with E-state index in [0.29, 0.717) is 24.9 Å². The number of H-pyrrole nitrogens is 1. The van der Waals surface area contributed by atoms with Gasteiger partial charge in [0.1, 0.15) is 0 Å². The number of benzene rings is 1. The largest absolute Gasteiger partial charge is 0.358 e. The Bertz CT molecular complexity index is 951. The number of Topliss-reactive ketones (excluding diaryl/α,β-unsaturated/α-hetero) is 1. The second-order valence-electron chi connectivity index (χ2n) is 6.68. The van der Waals surface area contributed by atoms with Crippen LogP contribution < -0.4 is 10.6 Å². The first kappa shape index (κ1) is 17.0. The Morgan fingerprint density at radius 3 is 2.63 bits per heavy atom. The topological polar surface area (TPSA) is 86.9 Å². The van der Waals surface area contributed by atoms with Gasteiger partial charge in [-0.3, -0.25) is 14.6 Å². The number of aromatic nitrogens is 2. The summed E-state index contributed by atoms with van der Waals surface area (Å²) >= 11 is 0. The van der Waals surface area contributed by atoms with Crippen LogP contribution in [0.2, 0.25) is 0 Å². The maximum Gasteiger partial charge on any atom is 0.207 e. The summed E-state index contributed by atoms with van der Waals surface area (Å²) in [5.74, 6) is 0.188. The molecule has 1 aliphatic rings. The summed E-state index contributed by atoms with van der Waals surface area (Å²) in [6, 6.07) is 13.6. The molecule has 1 aromatic carbocycles. The Morgan fingerprint density at radius 1 is 1.11 bits per heavy atom. The molecule has 1 unspecified atom stereocenters. The van der Waals surface area contributed by atoms with E-state index in [4.69, 9.17) is 0 Å². The van der Waals surface area contributed by atoms with E-state index >= 15 is 0 Å². The molecule has 0 aliphatic heterocycles. The third kappa shape index (κ3) is 3.46. The highest BCUT2D eigenvalue weighted by Gasteiger charge is 2.31. The molecule has 27 heavy (non-hydrogen) atoms. The van der Waals surface area contributed by atoms with Gasteiger partial charge in [0.15, 0.2) is 5.78 Å². The highest BCUT2D eigenvalue weighted by Crippen LogP contribution is 2.39. The van der Waals surface area contributed by atoms with Gasteiger partial charge in [-0.1, -0.05) is 18.2 Å². The predicted octanol–water partition coefficient (Wildman–Crippen LogP) is 3.31. The summed E-state index contributed by atoms with van der Waals surface area (Å²) in [5.41, 5.74) is 5.19. The Labute approximate surface area is 157 Å². The number of nitrogens with zero attached hydrogens (tertiary/aromatic N) is 1. The van der Waals surface area contributed by atoms with Crippen LogP contribution in [0, 0.1) is 5.92 Å². The fourth-order valence-electron chi connectivity index (χ4n) is 3.62. The van der Waals surface area contributed by atoms with Gasteiger partial charge in [0, 0.05) is 42.3 Å². The zero-order chi connectivity index (χ0) is 18.6. The van der Waals surface area contributed by atoms with Crippen molar-refractivity contribution in [3.8, 4) is 11.3 Å². The van der Waals surface area contributed by atoms with Crippen molar-refractivity contribution < 1.29 is 9.59 Å². The molecular weight excluding hydrogens is 340 g/mol. The van der Waals surface area contributed by atoms with Crippen LogP contribution in [-0.2, 0) is 11.2 Å². The maximum absolute atomic E-state index is 12.9. The summed E-state index contributed by atoms with van der Waals surface area (Å²) in [4.78, 5) is 31.1. The Morgan fingerprint density at radius 2 is 1.89 bits per heavy atom. The number of hydrogen-bond donors (Lipinski definition) is 3. The van der Waals surface area contributed by atoms with E-state index in [0.717, 1.165) is 34.7 Å². The van der Waals surface area contributed by atoms with Crippen molar-refractivity contribution in [1.82, 2.24) is 15.3 Å². The molecule has 6 heteroatoms. The number of aromatic amines is 1. The number of hydrogen-bond acceptors (Lipinski definition) is 4. The number of nitrogens with one attached hydrogen (secondary N) is 3. The number of rotatable bonds is 6. The van der Waals surface area contributed by atoms with E-state index in [1.807, 2.05) is 42.5 Å². The first-order valence-electron chi connectivity index (χ1n) is 8.94. The number of para-hydroxylation sites is 1. The van der Waals surface area contributed by atoms with Crippen LogP contribution in [0.25, 0.3) is 11.3 Å². The van der Waals surface area contributed by atoms with Gasteiger partial charge in [0.05, 0.1) is 16.9 Å². The molecular formula is C21H20N4O2. The van der Waals surface area contributed by atoms with Gasteiger partial charge < -0.3 is 15.6 Å². The smallest absolute Gasteiger partial charge is 0.207 e. The lowest BCUT2D eigenvalue weighted by molar-refractivity contribution is -0.109. The SMILES string of the molecule is O=CNCC1CC(=O)c2c([nH]c(-c3ccncc3)c2Nc2ccccc2)C1. The fraction of sp³-hybridized carbons (Fsp3) is 0.190. The number of pyridine rings is 1. The monoisotopic (exact) mass is 360 g/mol. The van der Waals surface area contributed by atoms with Crippen molar-refractivity contribution in [3.05, 3.63) is 66.1 Å². The second kappa shape index (κ2) is 7.45. The van der Waals surface area contributed by atoms with Crippen molar-refractivity contribution in [2.24, 2.45) is 5.92 Å². The number of amides is 1. The minimum absolute atomic E-state index is 0.0870. The highest BCUT2D eigenvalue weighted by molar-refractivity contribution is 6.07. The van der Waals surface area contributed by atoms with Gasteiger partial charge in [-0.15, -0.1) is 0 Å². The fourth-order valence-corrected chi connectivity index (χ4v) is 3.62. The van der Waals surface area contributed by atoms with Crippen molar-refractivity contribution in [2.45, 2.75) is 12.8 Å². The van der Waals surface area contributed by atoms with E-state index in [-0.39, 0.29) is 11.7 Å². The number of carbonyl (C=O) groups excluding carboxylic acids is 2. The number of carbonyl (C=O) groups is 2. The van der Waals surface area contributed by atoms with Gasteiger partial charge >= 0.3 is 0 Å². The van der Waals surface area contributed by atoms with Gasteiger partial charge in [0.25, 0.3) is 0 Å². The van der Waals surface area contributed by atoms with Gasteiger partial charge in [-0.2, -0.15) is 0 Å². The molecule has 0 fully saturated rings. The summed E-state index contributed by atoms with van der Waals surface area (Å²) in [6.45, 7) is 0.500. The number of fused-ring (bicyclic) bond motifs is 1. The zero-order valence-electron chi connectivity index (χ0n) is 14.7. The van der Waals surface area contributed by atoms with Gasteiger partial charge in [-0.05, 0) is 36.6 Å². The molecule has 6 nitrogen and oxygen atoms in total. The highest BCUT2D eigenvalue weighted by atomic mass is 16.1. The number of anilines is 2. The molecule has 4 rings (SSSR count). The Balaban J connectivity index is 1.77. The third-order valence-electron chi connectivity index (χ3n) is 4.83. The van der Waals surface area contributed by atoms with Crippen LogP contribution in [0.1, 0.15) is 22.5 Å². The molecule has 1 atom stereocenters. The molecule has 0 saturated heterocycles. The summed E-state index contributed by atoms with van der Waals surface area (Å²) in [5, 5.41) is 6.11. The van der Waals surface area contributed by atoms with E-state index in [2.05, 4.69) is 20.6 Å². The van der Waals surface area contributed by atoms with E-state index in [1.165, 1.54) is 0 Å². The normalized spacial score (nSPS) is 15.9. The van der Waals surface area contributed by atoms with E-state index < -0.39 is 0 Å². The average Bonchev–Trinajstić information content (AvgIpc) is 3.06. The quantitative estimate of drug-likeness (QED) is 0.589. The third-order valence-corrected chi connectivity index (χ3v) is 4.83. The molecule has 0 radical (unpaired) electrons. The lowest BCUT2D eigenvalue weighted by atomic mass is 9.86. The van der Waals surface area contributed by atoms with Crippen molar-refractivity contribution in [3.63, 3.8) is 0 Å². The van der Waals surface area contributed by atoms with Crippen molar-refractivity contribution in [2.75, 3.05) is 11.9 Å².